The average Bonchev–Trinajstić information content (AvgIpc) is 2.47. The van der Waals surface area contributed by atoms with Crippen molar-refractivity contribution < 1.29 is 18.3 Å². The number of nitrogens with zero attached hydrogens (tertiary/aromatic N) is 2. The van der Waals surface area contributed by atoms with E-state index in [0.29, 0.717) is 0 Å². The number of carboxylic acids is 1. The van der Waals surface area contributed by atoms with Crippen LogP contribution in [0, 0.1) is 11.3 Å². The third-order valence-corrected chi connectivity index (χ3v) is 3.89. The molecule has 0 atom stereocenters. The number of nitriles is 1. The molecule has 0 amide bonds. The summed E-state index contributed by atoms with van der Waals surface area (Å²) >= 11 is 0. The molecular weight excluding hydrogens is 294 g/mol. The normalized spacial score (nSPS) is 10.6. The van der Waals surface area contributed by atoms with E-state index in [4.69, 9.17) is 10.4 Å². The molecule has 0 fully saturated rings. The Bertz CT molecular complexity index is 840. The molecule has 1 heterocycles. The first kappa shape index (κ1) is 14.5. The minimum absolute atomic E-state index is 0.137. The molecule has 0 unspecified atom stereocenters. The molecule has 0 aliphatic carbocycles. The molecule has 0 aliphatic heterocycles. The number of aromatic nitrogens is 1. The highest BCUT2D eigenvalue weighted by molar-refractivity contribution is 7.92. The van der Waals surface area contributed by atoms with Crippen LogP contribution in [-0.4, -0.2) is 24.5 Å². The van der Waals surface area contributed by atoms with Crippen LogP contribution >= 0.6 is 0 Å². The Balaban J connectivity index is 2.43. The number of carbonyl (C=O) groups is 1. The first-order valence-electron chi connectivity index (χ1n) is 5.65. The van der Waals surface area contributed by atoms with Gasteiger partial charge in [-0.15, -0.1) is 0 Å². The maximum atomic E-state index is 12.2. The van der Waals surface area contributed by atoms with Crippen LogP contribution in [0.25, 0.3) is 0 Å². The molecule has 21 heavy (non-hydrogen) atoms. The fraction of sp³-hybridized carbons (Fsp3) is 0. The zero-order valence-electron chi connectivity index (χ0n) is 10.5. The molecule has 2 N–H and O–H groups in total. The van der Waals surface area contributed by atoms with Crippen LogP contribution in [0.2, 0.25) is 0 Å². The van der Waals surface area contributed by atoms with E-state index in [1.54, 1.807) is 0 Å². The maximum absolute atomic E-state index is 12.2. The second kappa shape index (κ2) is 5.60. The number of benzene rings is 1. The molecule has 1 aromatic heterocycles. The molecule has 1 aromatic carbocycles. The van der Waals surface area contributed by atoms with Gasteiger partial charge in [0.15, 0.2) is 5.69 Å². The lowest BCUT2D eigenvalue weighted by atomic mass is 10.2. The zero-order valence-corrected chi connectivity index (χ0v) is 11.3. The van der Waals surface area contributed by atoms with Gasteiger partial charge in [-0.2, -0.15) is 5.26 Å². The SMILES string of the molecule is N#Cc1cccc(S(=O)(=O)Nc2cccnc2C(=O)O)c1. The van der Waals surface area contributed by atoms with Crippen molar-refractivity contribution in [2.45, 2.75) is 4.90 Å². The second-order valence-corrected chi connectivity index (χ2v) is 5.63. The molecule has 0 spiro atoms. The molecule has 2 rings (SSSR count). The fourth-order valence-electron chi connectivity index (χ4n) is 1.59. The Morgan fingerprint density at radius 1 is 1.29 bits per heavy atom. The highest BCUT2D eigenvalue weighted by atomic mass is 32.2. The van der Waals surface area contributed by atoms with Crippen LogP contribution in [0.15, 0.2) is 47.5 Å². The van der Waals surface area contributed by atoms with Crippen LogP contribution in [0.3, 0.4) is 0 Å². The molecule has 8 heteroatoms. The Labute approximate surface area is 120 Å². The van der Waals surface area contributed by atoms with E-state index in [1.807, 2.05) is 6.07 Å². The van der Waals surface area contributed by atoms with Crippen LogP contribution < -0.4 is 4.72 Å². The molecule has 7 nitrogen and oxygen atoms in total. The van der Waals surface area contributed by atoms with Gasteiger partial charge in [0.05, 0.1) is 22.2 Å². The number of pyridine rings is 1. The number of aromatic carboxylic acids is 1. The average molecular weight is 303 g/mol. The summed E-state index contributed by atoms with van der Waals surface area (Å²) < 4.78 is 26.6. The predicted octanol–water partition coefficient (Wildman–Crippen LogP) is 1.45. The molecular formula is C13H9N3O4S. The van der Waals surface area contributed by atoms with Gasteiger partial charge < -0.3 is 5.11 Å². The fourth-order valence-corrected chi connectivity index (χ4v) is 2.71. The number of hydrogen-bond acceptors (Lipinski definition) is 5. The van der Waals surface area contributed by atoms with Crippen molar-refractivity contribution >= 4 is 21.7 Å². The topological polar surface area (TPSA) is 120 Å². The number of rotatable bonds is 4. The van der Waals surface area contributed by atoms with Crippen molar-refractivity contribution in [1.82, 2.24) is 4.98 Å². The maximum Gasteiger partial charge on any atom is 0.356 e. The number of anilines is 1. The van der Waals surface area contributed by atoms with Gasteiger partial charge in [-0.3, -0.25) is 4.72 Å². The van der Waals surface area contributed by atoms with Crippen LogP contribution in [0.5, 0.6) is 0 Å². The van der Waals surface area contributed by atoms with Crippen molar-refractivity contribution in [2.75, 3.05) is 4.72 Å². The summed E-state index contributed by atoms with van der Waals surface area (Å²) in [7, 11) is -4.01. The van der Waals surface area contributed by atoms with Crippen molar-refractivity contribution in [1.29, 1.82) is 5.26 Å². The Morgan fingerprint density at radius 2 is 2.05 bits per heavy atom. The molecule has 2 aromatic rings. The number of sulfonamides is 1. The molecule has 0 aliphatic rings. The van der Waals surface area contributed by atoms with Gasteiger partial charge in [0.25, 0.3) is 10.0 Å². The van der Waals surface area contributed by atoms with Crippen molar-refractivity contribution in [3.63, 3.8) is 0 Å². The predicted molar refractivity (Wildman–Crippen MR) is 73.2 cm³/mol. The molecule has 106 valence electrons. The summed E-state index contributed by atoms with van der Waals surface area (Å²) in [4.78, 5) is 14.5. The number of nitrogens with one attached hydrogen (secondary N) is 1. The molecule has 0 saturated carbocycles. The highest BCUT2D eigenvalue weighted by Crippen LogP contribution is 2.19. The summed E-state index contributed by atoms with van der Waals surface area (Å²) in [5.74, 6) is -1.35. The van der Waals surface area contributed by atoms with Crippen LogP contribution in [-0.2, 0) is 10.0 Å². The number of carboxylic acid groups (broad SMARTS) is 1. The third kappa shape index (κ3) is 3.16. The van der Waals surface area contributed by atoms with E-state index < -0.39 is 21.7 Å². The van der Waals surface area contributed by atoms with Crippen molar-refractivity contribution in [3.05, 3.63) is 53.9 Å². The highest BCUT2D eigenvalue weighted by Gasteiger charge is 2.19. The summed E-state index contributed by atoms with van der Waals surface area (Å²) in [5, 5.41) is 17.8. The Hall–Kier alpha value is -2.92. The monoisotopic (exact) mass is 303 g/mol. The summed E-state index contributed by atoms with van der Waals surface area (Å²) in [6, 6.07) is 9.93. The lowest BCUT2D eigenvalue weighted by Gasteiger charge is -2.09. The second-order valence-electron chi connectivity index (χ2n) is 3.95. The first-order chi connectivity index (χ1) is 9.94. The summed E-state index contributed by atoms with van der Waals surface area (Å²) in [6.07, 6.45) is 1.25. The van der Waals surface area contributed by atoms with E-state index in [1.165, 1.54) is 42.6 Å². The largest absolute Gasteiger partial charge is 0.476 e. The lowest BCUT2D eigenvalue weighted by Crippen LogP contribution is -2.16. The van der Waals surface area contributed by atoms with Gasteiger partial charge in [0.1, 0.15) is 0 Å². The van der Waals surface area contributed by atoms with E-state index in [2.05, 4.69) is 9.71 Å². The summed E-state index contributed by atoms with van der Waals surface area (Å²) in [6.45, 7) is 0. The van der Waals surface area contributed by atoms with Crippen LogP contribution in [0.1, 0.15) is 16.1 Å². The van der Waals surface area contributed by atoms with Gasteiger partial charge in [0.2, 0.25) is 0 Å². The van der Waals surface area contributed by atoms with Gasteiger partial charge >= 0.3 is 5.97 Å². The lowest BCUT2D eigenvalue weighted by molar-refractivity contribution is 0.0692. The van der Waals surface area contributed by atoms with Gasteiger partial charge in [-0.1, -0.05) is 6.07 Å². The standard InChI is InChI=1S/C13H9N3O4S/c14-8-9-3-1-4-10(7-9)21(19,20)16-11-5-2-6-15-12(11)13(17)18/h1-7,16H,(H,17,18). The van der Waals surface area contributed by atoms with Gasteiger partial charge in [-0.25, -0.2) is 18.2 Å². The minimum atomic E-state index is -4.01. The zero-order chi connectivity index (χ0) is 15.5. The van der Waals surface area contributed by atoms with Crippen molar-refractivity contribution in [3.8, 4) is 6.07 Å². The Morgan fingerprint density at radius 3 is 2.71 bits per heavy atom. The quantitative estimate of drug-likeness (QED) is 0.882. The minimum Gasteiger partial charge on any atom is -0.476 e. The first-order valence-corrected chi connectivity index (χ1v) is 7.13. The van der Waals surface area contributed by atoms with Gasteiger partial charge in [-0.05, 0) is 30.3 Å². The number of hydrogen-bond donors (Lipinski definition) is 2. The van der Waals surface area contributed by atoms with E-state index in [9.17, 15) is 13.2 Å². The molecule has 0 saturated heterocycles. The smallest absolute Gasteiger partial charge is 0.356 e. The third-order valence-electron chi connectivity index (χ3n) is 2.53. The van der Waals surface area contributed by atoms with E-state index in [-0.39, 0.29) is 16.1 Å². The van der Waals surface area contributed by atoms with E-state index in [0.717, 1.165) is 0 Å². The van der Waals surface area contributed by atoms with E-state index >= 15 is 0 Å². The van der Waals surface area contributed by atoms with Crippen molar-refractivity contribution in [2.24, 2.45) is 0 Å². The molecule has 0 radical (unpaired) electrons. The summed E-state index contributed by atoms with van der Waals surface area (Å²) in [5.41, 5.74) is -0.368. The van der Waals surface area contributed by atoms with Gasteiger partial charge in [0, 0.05) is 6.20 Å². The molecule has 0 bridgehead atoms. The Kier molecular flexibility index (Phi) is 3.86. The van der Waals surface area contributed by atoms with Crippen LogP contribution in [0.4, 0.5) is 5.69 Å².